The molecule has 0 radical (unpaired) electrons. The van der Waals surface area contributed by atoms with Crippen LogP contribution in [0.5, 0.6) is 0 Å². The molecule has 0 fully saturated rings. The highest BCUT2D eigenvalue weighted by Gasteiger charge is 1.92. The molecule has 0 N–H and O–H groups in total. The maximum Gasteiger partial charge on any atom is 0.179 e. The van der Waals surface area contributed by atoms with E-state index < -0.39 is 0 Å². The molecule has 2 heterocycles. The van der Waals surface area contributed by atoms with Gasteiger partial charge in [-0.1, -0.05) is 0 Å². The SMILES string of the molecule is C1=c2sccc2=NCO1. The Morgan fingerprint density at radius 1 is 1.67 bits per heavy atom. The van der Waals surface area contributed by atoms with E-state index in [0.29, 0.717) is 6.73 Å². The number of nitrogens with zero attached hydrogens (tertiary/aromatic N) is 1. The number of rotatable bonds is 0. The molecule has 0 bridgehead atoms. The number of hydrogen-bond acceptors (Lipinski definition) is 3. The summed E-state index contributed by atoms with van der Waals surface area (Å²) in [4.78, 5) is 4.11. The fourth-order valence-corrected chi connectivity index (χ4v) is 1.47. The predicted molar refractivity (Wildman–Crippen MR) is 35.5 cm³/mol. The molecule has 46 valence electrons. The predicted octanol–water partition coefficient (Wildman–Crippen LogP) is 0.0934. The molecule has 0 unspecified atom stereocenters. The van der Waals surface area contributed by atoms with Gasteiger partial charge in [0.05, 0.1) is 9.89 Å². The zero-order valence-electron chi connectivity index (χ0n) is 4.70. The normalized spacial score (nSPS) is 14.7. The minimum atomic E-state index is 0.476. The second kappa shape index (κ2) is 1.84. The maximum absolute atomic E-state index is 4.97. The standard InChI is InChI=1S/C6H5NOS/c1-2-9-6-3-8-4-7-5(1)6/h1-3H,4H2. The van der Waals surface area contributed by atoms with Crippen molar-refractivity contribution in [2.24, 2.45) is 4.99 Å². The van der Waals surface area contributed by atoms with Gasteiger partial charge < -0.3 is 4.74 Å². The summed E-state index contributed by atoms with van der Waals surface area (Å²) in [5.74, 6) is 0. The van der Waals surface area contributed by atoms with Crippen LogP contribution in [-0.4, -0.2) is 6.73 Å². The monoisotopic (exact) mass is 139 g/mol. The summed E-state index contributed by atoms with van der Waals surface area (Å²) in [5, 5.41) is 3.07. The first kappa shape index (κ1) is 4.99. The summed E-state index contributed by atoms with van der Waals surface area (Å²) in [5.41, 5.74) is 0. The van der Waals surface area contributed by atoms with Crippen LogP contribution in [0.25, 0.3) is 6.26 Å². The minimum absolute atomic E-state index is 0.476. The summed E-state index contributed by atoms with van der Waals surface area (Å²) in [6, 6.07) is 2.00. The van der Waals surface area contributed by atoms with Gasteiger partial charge in [0.25, 0.3) is 0 Å². The molecule has 0 aromatic carbocycles. The van der Waals surface area contributed by atoms with Crippen molar-refractivity contribution in [3.63, 3.8) is 0 Å². The molecule has 0 amide bonds. The van der Waals surface area contributed by atoms with E-state index in [-0.39, 0.29) is 0 Å². The fourth-order valence-electron chi connectivity index (χ4n) is 0.753. The van der Waals surface area contributed by atoms with Crippen LogP contribution in [-0.2, 0) is 4.74 Å². The largest absolute Gasteiger partial charge is 0.477 e. The Morgan fingerprint density at radius 3 is 3.56 bits per heavy atom. The number of fused-ring (bicyclic) bond motifs is 1. The number of thiophene rings is 1. The van der Waals surface area contributed by atoms with Crippen molar-refractivity contribution in [2.75, 3.05) is 6.73 Å². The summed E-state index contributed by atoms with van der Waals surface area (Å²) < 4.78 is 6.10. The van der Waals surface area contributed by atoms with Gasteiger partial charge in [0.1, 0.15) is 6.26 Å². The minimum Gasteiger partial charge on any atom is -0.477 e. The Bertz CT molecular complexity index is 284. The highest BCUT2D eigenvalue weighted by molar-refractivity contribution is 7.07. The fraction of sp³-hybridized carbons (Fsp3) is 0.167. The van der Waals surface area contributed by atoms with Crippen molar-refractivity contribution in [3.05, 3.63) is 21.3 Å². The summed E-state index contributed by atoms with van der Waals surface area (Å²) >= 11 is 1.65. The van der Waals surface area contributed by atoms with Gasteiger partial charge in [-0.3, -0.25) is 0 Å². The van der Waals surface area contributed by atoms with Gasteiger partial charge >= 0.3 is 0 Å². The molecule has 1 aliphatic rings. The lowest BCUT2D eigenvalue weighted by Crippen LogP contribution is -2.22. The third-order valence-electron chi connectivity index (χ3n) is 1.17. The maximum atomic E-state index is 4.97. The third kappa shape index (κ3) is 0.733. The highest BCUT2D eigenvalue weighted by Crippen LogP contribution is 1.86. The Hall–Kier alpha value is -0.830. The Morgan fingerprint density at radius 2 is 2.67 bits per heavy atom. The smallest absolute Gasteiger partial charge is 0.179 e. The molecule has 0 saturated carbocycles. The van der Waals surface area contributed by atoms with Gasteiger partial charge in [0.15, 0.2) is 6.73 Å². The average molecular weight is 139 g/mol. The van der Waals surface area contributed by atoms with Gasteiger partial charge in [-0.05, 0) is 11.4 Å². The molecular weight excluding hydrogens is 134 g/mol. The summed E-state index contributed by atoms with van der Waals surface area (Å²) in [7, 11) is 0. The molecule has 1 aromatic rings. The van der Waals surface area contributed by atoms with Crippen LogP contribution in [0, 0.1) is 0 Å². The van der Waals surface area contributed by atoms with E-state index in [4.69, 9.17) is 4.74 Å². The van der Waals surface area contributed by atoms with Crippen LogP contribution in [0.2, 0.25) is 0 Å². The lowest BCUT2D eigenvalue weighted by Gasteiger charge is -1.95. The average Bonchev–Trinajstić information content (AvgIpc) is 2.33. The van der Waals surface area contributed by atoms with Crippen LogP contribution in [0.4, 0.5) is 0 Å². The molecular formula is C6H5NOS. The number of ether oxygens (including phenoxy) is 1. The van der Waals surface area contributed by atoms with E-state index in [1.54, 1.807) is 17.6 Å². The Balaban J connectivity index is 2.89. The lowest BCUT2D eigenvalue weighted by molar-refractivity contribution is 0.297. The van der Waals surface area contributed by atoms with Crippen LogP contribution >= 0.6 is 11.3 Å². The van der Waals surface area contributed by atoms with E-state index in [2.05, 4.69) is 4.99 Å². The Kier molecular flexibility index (Phi) is 1.02. The second-order valence-electron chi connectivity index (χ2n) is 1.74. The molecule has 0 aliphatic carbocycles. The topological polar surface area (TPSA) is 21.6 Å². The van der Waals surface area contributed by atoms with Crippen LogP contribution in [0.15, 0.2) is 16.4 Å². The van der Waals surface area contributed by atoms with Gasteiger partial charge in [0, 0.05) is 0 Å². The first-order chi connectivity index (χ1) is 4.47. The molecule has 3 heteroatoms. The lowest BCUT2D eigenvalue weighted by atomic mass is 10.5. The summed E-state index contributed by atoms with van der Waals surface area (Å²) in [6.45, 7) is 0.476. The first-order valence-corrected chi connectivity index (χ1v) is 3.54. The molecule has 0 saturated heterocycles. The Labute approximate surface area is 56.1 Å². The van der Waals surface area contributed by atoms with E-state index >= 15 is 0 Å². The second-order valence-corrected chi connectivity index (χ2v) is 2.69. The third-order valence-corrected chi connectivity index (χ3v) is 2.00. The molecule has 9 heavy (non-hydrogen) atoms. The van der Waals surface area contributed by atoms with Crippen molar-refractivity contribution in [3.8, 4) is 0 Å². The number of hydrogen-bond donors (Lipinski definition) is 0. The van der Waals surface area contributed by atoms with Gasteiger partial charge in [-0.2, -0.15) is 0 Å². The quantitative estimate of drug-likeness (QED) is 0.499. The van der Waals surface area contributed by atoms with E-state index in [1.165, 1.54) is 0 Å². The molecule has 0 spiro atoms. The van der Waals surface area contributed by atoms with Gasteiger partial charge in [-0.15, -0.1) is 11.3 Å². The molecule has 1 aliphatic heterocycles. The van der Waals surface area contributed by atoms with Gasteiger partial charge in [-0.25, -0.2) is 4.99 Å². The van der Waals surface area contributed by atoms with Crippen LogP contribution in [0.3, 0.4) is 0 Å². The van der Waals surface area contributed by atoms with Crippen molar-refractivity contribution < 1.29 is 4.74 Å². The van der Waals surface area contributed by atoms with E-state index in [0.717, 1.165) is 9.89 Å². The highest BCUT2D eigenvalue weighted by atomic mass is 32.1. The van der Waals surface area contributed by atoms with Gasteiger partial charge in [0.2, 0.25) is 0 Å². The van der Waals surface area contributed by atoms with Crippen molar-refractivity contribution in [1.82, 2.24) is 0 Å². The molecule has 0 atom stereocenters. The first-order valence-electron chi connectivity index (χ1n) is 2.66. The van der Waals surface area contributed by atoms with Crippen molar-refractivity contribution >= 4 is 17.6 Å². The van der Waals surface area contributed by atoms with Crippen LogP contribution in [0.1, 0.15) is 0 Å². The van der Waals surface area contributed by atoms with E-state index in [1.807, 2.05) is 11.4 Å². The van der Waals surface area contributed by atoms with Crippen molar-refractivity contribution in [2.45, 2.75) is 0 Å². The molecule has 2 rings (SSSR count). The summed E-state index contributed by atoms with van der Waals surface area (Å²) in [6.07, 6.45) is 1.76. The van der Waals surface area contributed by atoms with Crippen LogP contribution < -0.4 is 9.89 Å². The zero-order valence-corrected chi connectivity index (χ0v) is 5.52. The van der Waals surface area contributed by atoms with E-state index in [9.17, 15) is 0 Å². The zero-order chi connectivity index (χ0) is 6.10. The molecule has 1 aromatic heterocycles. The van der Waals surface area contributed by atoms with Crippen molar-refractivity contribution in [1.29, 1.82) is 0 Å². The molecule has 2 nitrogen and oxygen atoms in total.